The first kappa shape index (κ1) is 20.8. The molecule has 0 heterocycles. The number of anilines is 2. The molecule has 29 heavy (non-hydrogen) atoms. The zero-order chi connectivity index (χ0) is 21.0. The van der Waals surface area contributed by atoms with Gasteiger partial charge in [0.05, 0.1) is 6.61 Å². The molecule has 3 aromatic rings. The van der Waals surface area contributed by atoms with E-state index in [1.54, 1.807) is 0 Å². The molecular weight excluding hydrogens is 356 g/mol. The van der Waals surface area contributed by atoms with Gasteiger partial charge in [-0.3, -0.25) is 0 Å². The van der Waals surface area contributed by atoms with Crippen LogP contribution in [0.4, 0.5) is 11.4 Å². The molecule has 152 valence electrons. The summed E-state index contributed by atoms with van der Waals surface area (Å²) in [5, 5.41) is 0. The molecule has 0 amide bonds. The van der Waals surface area contributed by atoms with Gasteiger partial charge in [0, 0.05) is 45.5 Å². The molecule has 0 saturated heterocycles. The SMILES string of the molecule is CCOc1ccc(C(c2ccc(N(C)C)cc2)c2ccc(N(C)C)cc2)cc1C. The Morgan fingerprint density at radius 2 is 1.14 bits per heavy atom. The summed E-state index contributed by atoms with van der Waals surface area (Å²) >= 11 is 0. The topological polar surface area (TPSA) is 15.7 Å². The van der Waals surface area contributed by atoms with E-state index in [4.69, 9.17) is 4.74 Å². The summed E-state index contributed by atoms with van der Waals surface area (Å²) in [4.78, 5) is 4.26. The Balaban J connectivity index is 2.07. The predicted molar refractivity (Wildman–Crippen MR) is 125 cm³/mol. The maximum Gasteiger partial charge on any atom is 0.122 e. The van der Waals surface area contributed by atoms with Gasteiger partial charge in [-0.15, -0.1) is 0 Å². The molecule has 0 N–H and O–H groups in total. The standard InChI is InChI=1S/C26H32N2O/c1-7-29-25-17-12-22(18-19(25)2)26(20-8-13-23(14-9-20)27(3)4)21-10-15-24(16-11-21)28(5)6/h8-18,26H,7H2,1-6H3. The number of hydrogen-bond acceptors (Lipinski definition) is 3. The van der Waals surface area contributed by atoms with E-state index in [0.717, 1.165) is 5.75 Å². The van der Waals surface area contributed by atoms with Crippen LogP contribution >= 0.6 is 0 Å². The van der Waals surface area contributed by atoms with Gasteiger partial charge in [0.15, 0.2) is 0 Å². The Kier molecular flexibility index (Phi) is 6.48. The van der Waals surface area contributed by atoms with Crippen molar-refractivity contribution in [3.63, 3.8) is 0 Å². The molecule has 0 aromatic heterocycles. The van der Waals surface area contributed by atoms with Crippen LogP contribution in [0.15, 0.2) is 66.7 Å². The molecule has 3 nitrogen and oxygen atoms in total. The van der Waals surface area contributed by atoms with Gasteiger partial charge in [0.25, 0.3) is 0 Å². The van der Waals surface area contributed by atoms with Crippen molar-refractivity contribution in [1.82, 2.24) is 0 Å². The van der Waals surface area contributed by atoms with E-state index in [2.05, 4.69) is 112 Å². The molecule has 0 bridgehead atoms. The first-order valence-electron chi connectivity index (χ1n) is 10.2. The Bertz CT molecular complexity index is 876. The van der Waals surface area contributed by atoms with Gasteiger partial charge in [-0.2, -0.15) is 0 Å². The smallest absolute Gasteiger partial charge is 0.122 e. The molecule has 0 fully saturated rings. The highest BCUT2D eigenvalue weighted by Crippen LogP contribution is 2.35. The fourth-order valence-electron chi connectivity index (χ4n) is 3.68. The van der Waals surface area contributed by atoms with E-state index < -0.39 is 0 Å². The molecule has 3 aromatic carbocycles. The van der Waals surface area contributed by atoms with E-state index in [9.17, 15) is 0 Å². The second-order valence-corrected chi connectivity index (χ2v) is 7.86. The van der Waals surface area contributed by atoms with Crippen LogP contribution in [0.5, 0.6) is 5.75 Å². The zero-order valence-electron chi connectivity index (χ0n) is 18.4. The Morgan fingerprint density at radius 3 is 1.52 bits per heavy atom. The highest BCUT2D eigenvalue weighted by Gasteiger charge is 2.18. The zero-order valence-corrected chi connectivity index (χ0v) is 18.4. The second kappa shape index (κ2) is 9.04. The third kappa shape index (κ3) is 4.73. The van der Waals surface area contributed by atoms with E-state index in [1.807, 2.05) is 6.92 Å². The minimum Gasteiger partial charge on any atom is -0.494 e. The predicted octanol–water partition coefficient (Wildman–Crippen LogP) is 5.71. The van der Waals surface area contributed by atoms with Crippen molar-refractivity contribution in [3.05, 3.63) is 89.0 Å². The van der Waals surface area contributed by atoms with Crippen molar-refractivity contribution in [2.75, 3.05) is 44.6 Å². The summed E-state index contributed by atoms with van der Waals surface area (Å²) < 4.78 is 5.76. The van der Waals surface area contributed by atoms with Crippen LogP contribution in [0.1, 0.15) is 35.1 Å². The van der Waals surface area contributed by atoms with E-state index in [1.165, 1.54) is 33.6 Å². The molecule has 0 radical (unpaired) electrons. The van der Waals surface area contributed by atoms with Crippen LogP contribution in [0, 0.1) is 6.92 Å². The fraction of sp³-hybridized carbons (Fsp3) is 0.308. The minimum absolute atomic E-state index is 0.178. The van der Waals surface area contributed by atoms with Crippen LogP contribution in [0.2, 0.25) is 0 Å². The lowest BCUT2D eigenvalue weighted by atomic mass is 9.84. The molecule has 3 heteroatoms. The number of aryl methyl sites for hydroxylation is 1. The Morgan fingerprint density at radius 1 is 0.690 bits per heavy atom. The number of benzene rings is 3. The van der Waals surface area contributed by atoms with Crippen LogP contribution in [0.3, 0.4) is 0 Å². The Hall–Kier alpha value is -2.94. The molecule has 0 aliphatic carbocycles. The first-order valence-corrected chi connectivity index (χ1v) is 10.2. The average Bonchev–Trinajstić information content (AvgIpc) is 2.71. The van der Waals surface area contributed by atoms with Crippen LogP contribution in [0.25, 0.3) is 0 Å². The van der Waals surface area contributed by atoms with Gasteiger partial charge >= 0.3 is 0 Å². The fourth-order valence-corrected chi connectivity index (χ4v) is 3.68. The molecule has 0 unspecified atom stereocenters. The van der Waals surface area contributed by atoms with E-state index in [0.29, 0.717) is 6.61 Å². The van der Waals surface area contributed by atoms with Crippen LogP contribution < -0.4 is 14.5 Å². The van der Waals surface area contributed by atoms with Crippen LogP contribution in [-0.2, 0) is 0 Å². The summed E-state index contributed by atoms with van der Waals surface area (Å²) in [6, 6.07) is 24.3. The maximum atomic E-state index is 5.76. The molecule has 0 aliphatic heterocycles. The Labute approximate surface area is 175 Å². The lowest BCUT2D eigenvalue weighted by Gasteiger charge is -2.22. The maximum absolute atomic E-state index is 5.76. The highest BCUT2D eigenvalue weighted by atomic mass is 16.5. The number of ether oxygens (including phenoxy) is 1. The lowest BCUT2D eigenvalue weighted by molar-refractivity contribution is 0.338. The molecule has 0 saturated carbocycles. The summed E-state index contributed by atoms with van der Waals surface area (Å²) in [5.74, 6) is 1.14. The monoisotopic (exact) mass is 388 g/mol. The number of nitrogens with zero attached hydrogens (tertiary/aromatic N) is 2. The molecule has 3 rings (SSSR count). The van der Waals surface area contributed by atoms with Gasteiger partial charge in [-0.05, 0) is 66.4 Å². The second-order valence-electron chi connectivity index (χ2n) is 7.86. The highest BCUT2D eigenvalue weighted by molar-refractivity contribution is 5.54. The van der Waals surface area contributed by atoms with Crippen molar-refractivity contribution in [2.24, 2.45) is 0 Å². The quantitative estimate of drug-likeness (QED) is 0.483. The van der Waals surface area contributed by atoms with Gasteiger partial charge in [0.1, 0.15) is 5.75 Å². The van der Waals surface area contributed by atoms with Gasteiger partial charge < -0.3 is 14.5 Å². The average molecular weight is 389 g/mol. The molecule has 0 aliphatic rings. The largest absolute Gasteiger partial charge is 0.494 e. The first-order chi connectivity index (χ1) is 13.9. The summed E-state index contributed by atoms with van der Waals surface area (Å²) in [6.07, 6.45) is 0. The van der Waals surface area contributed by atoms with Crippen molar-refractivity contribution in [2.45, 2.75) is 19.8 Å². The summed E-state index contributed by atoms with van der Waals surface area (Å²) in [7, 11) is 8.29. The number of hydrogen-bond donors (Lipinski definition) is 0. The van der Waals surface area contributed by atoms with Crippen LogP contribution in [-0.4, -0.2) is 34.8 Å². The van der Waals surface area contributed by atoms with E-state index >= 15 is 0 Å². The summed E-state index contributed by atoms with van der Waals surface area (Å²) in [6.45, 7) is 4.83. The lowest BCUT2D eigenvalue weighted by Crippen LogP contribution is -2.10. The molecular formula is C26H32N2O. The van der Waals surface area contributed by atoms with Crippen molar-refractivity contribution in [1.29, 1.82) is 0 Å². The molecule has 0 spiro atoms. The van der Waals surface area contributed by atoms with Crippen molar-refractivity contribution in [3.8, 4) is 5.75 Å². The van der Waals surface area contributed by atoms with Gasteiger partial charge in [-0.25, -0.2) is 0 Å². The molecule has 0 atom stereocenters. The van der Waals surface area contributed by atoms with Gasteiger partial charge in [0.2, 0.25) is 0 Å². The third-order valence-corrected chi connectivity index (χ3v) is 5.32. The van der Waals surface area contributed by atoms with E-state index in [-0.39, 0.29) is 5.92 Å². The number of rotatable bonds is 7. The normalized spacial score (nSPS) is 10.9. The van der Waals surface area contributed by atoms with Crippen molar-refractivity contribution >= 4 is 11.4 Å². The summed E-state index contributed by atoms with van der Waals surface area (Å²) in [5.41, 5.74) is 7.44. The van der Waals surface area contributed by atoms with Gasteiger partial charge in [-0.1, -0.05) is 36.4 Å². The minimum atomic E-state index is 0.178. The third-order valence-electron chi connectivity index (χ3n) is 5.32. The van der Waals surface area contributed by atoms with Crippen molar-refractivity contribution < 1.29 is 4.74 Å².